The molecule has 5 atom stereocenters. The Morgan fingerprint density at radius 1 is 0.745 bits per heavy atom. The Bertz CT molecular complexity index is 1450. The highest BCUT2D eigenvalue weighted by Crippen LogP contribution is 2.21. The largest absolute Gasteiger partial charge is 0.508 e. The van der Waals surface area contributed by atoms with Crippen LogP contribution in [0.25, 0.3) is 0 Å². The summed E-state index contributed by atoms with van der Waals surface area (Å²) in [6, 6.07) is 10.1. The van der Waals surface area contributed by atoms with Gasteiger partial charge in [-0.25, -0.2) is 0 Å². The average molecular weight is 649 g/mol. The highest BCUT2D eigenvalue weighted by molar-refractivity contribution is 5.97. The molecule has 2 fully saturated rings. The van der Waals surface area contributed by atoms with Crippen LogP contribution in [0.2, 0.25) is 0 Å². The smallest absolute Gasteiger partial charge is 0.246 e. The molecule has 2 saturated heterocycles. The second-order valence-corrected chi connectivity index (χ2v) is 12.6. The fourth-order valence-corrected chi connectivity index (χ4v) is 5.81. The van der Waals surface area contributed by atoms with Crippen LogP contribution in [0.5, 0.6) is 5.75 Å². The molecular weight excluding hydrogens is 604 g/mol. The first-order valence-electron chi connectivity index (χ1n) is 16.0. The van der Waals surface area contributed by atoms with Gasteiger partial charge in [0.25, 0.3) is 0 Å². The summed E-state index contributed by atoms with van der Waals surface area (Å²) in [6.45, 7) is 5.07. The monoisotopic (exact) mass is 648 g/mol. The van der Waals surface area contributed by atoms with Crippen molar-refractivity contribution in [3.05, 3.63) is 65.7 Å². The number of nitrogens with one attached hydrogen (secondary N) is 5. The number of amides is 6. The minimum absolute atomic E-state index is 0.0224. The van der Waals surface area contributed by atoms with E-state index in [-0.39, 0.29) is 37.5 Å². The van der Waals surface area contributed by atoms with Crippen molar-refractivity contribution in [2.45, 2.75) is 83.1 Å². The maximum absolute atomic E-state index is 14.1. The highest BCUT2D eigenvalue weighted by atomic mass is 16.3. The molecule has 0 aromatic heterocycles. The lowest BCUT2D eigenvalue weighted by atomic mass is 10.0. The van der Waals surface area contributed by atoms with Gasteiger partial charge >= 0.3 is 0 Å². The molecule has 2 aliphatic rings. The fourth-order valence-electron chi connectivity index (χ4n) is 5.81. The Hall–Kier alpha value is -4.94. The molecule has 47 heavy (non-hydrogen) atoms. The van der Waals surface area contributed by atoms with Crippen LogP contribution in [0.1, 0.15) is 51.2 Å². The SMILES string of the molecule is CC(C)C[C@@H]1NC(=O)[C@H](C)NC(=O)[C@@H]2CCCN2C(=O)[C@H](Cc2ccc(O)cc2)NC(=O)[C@H](Cc2ccccc2)NC(=O)CNC1=O. The van der Waals surface area contributed by atoms with E-state index >= 15 is 0 Å². The van der Waals surface area contributed by atoms with Gasteiger partial charge in [-0.15, -0.1) is 0 Å². The van der Waals surface area contributed by atoms with Crippen molar-refractivity contribution in [2.24, 2.45) is 5.92 Å². The minimum atomic E-state index is -1.12. The Labute approximate surface area is 274 Å². The van der Waals surface area contributed by atoms with Crippen LogP contribution in [0.15, 0.2) is 54.6 Å². The van der Waals surface area contributed by atoms with Gasteiger partial charge in [0.05, 0.1) is 6.54 Å². The van der Waals surface area contributed by atoms with Gasteiger partial charge in [-0.2, -0.15) is 0 Å². The number of carbonyl (C=O) groups excluding carboxylic acids is 6. The van der Waals surface area contributed by atoms with E-state index in [4.69, 9.17) is 0 Å². The lowest BCUT2D eigenvalue weighted by Gasteiger charge is -2.31. The molecule has 0 saturated carbocycles. The molecule has 4 rings (SSSR count). The van der Waals surface area contributed by atoms with E-state index in [9.17, 15) is 33.9 Å². The molecule has 2 aromatic rings. The molecule has 0 spiro atoms. The summed E-state index contributed by atoms with van der Waals surface area (Å²) < 4.78 is 0. The maximum atomic E-state index is 14.1. The number of carbonyl (C=O) groups is 6. The quantitative estimate of drug-likeness (QED) is 0.260. The standard InChI is InChI=1S/C34H44N6O7/c1-20(2)16-25-31(44)35-19-29(42)37-26(17-22-8-5-4-6-9-22)32(45)39-27(18-23-11-13-24(41)14-12-23)34(47)40-15-7-10-28(40)33(46)36-21(3)30(43)38-25/h4-6,8-9,11-14,20-21,25-28,41H,7,10,15-19H2,1-3H3,(H,35,44)(H,36,46)(H,37,42)(H,38,43)(H,39,45)/t21-,25-,26-,27-,28-/m0/s1. The lowest BCUT2D eigenvalue weighted by Crippen LogP contribution is -2.60. The molecule has 0 aliphatic carbocycles. The van der Waals surface area contributed by atoms with Gasteiger partial charge in [0.15, 0.2) is 0 Å². The lowest BCUT2D eigenvalue weighted by molar-refractivity contribution is -0.142. The van der Waals surface area contributed by atoms with Gasteiger partial charge < -0.3 is 36.6 Å². The van der Waals surface area contributed by atoms with Crippen LogP contribution >= 0.6 is 0 Å². The molecular formula is C34H44N6O7. The van der Waals surface area contributed by atoms with Gasteiger partial charge in [-0.1, -0.05) is 56.3 Å². The summed E-state index contributed by atoms with van der Waals surface area (Å²) in [5.41, 5.74) is 1.40. The molecule has 2 aromatic carbocycles. The van der Waals surface area contributed by atoms with Crippen LogP contribution in [0, 0.1) is 5.92 Å². The predicted molar refractivity (Wildman–Crippen MR) is 173 cm³/mol. The van der Waals surface area contributed by atoms with Crippen molar-refractivity contribution >= 4 is 35.4 Å². The van der Waals surface area contributed by atoms with Crippen molar-refractivity contribution in [3.63, 3.8) is 0 Å². The molecule has 6 amide bonds. The van der Waals surface area contributed by atoms with Crippen LogP contribution in [-0.2, 0) is 41.6 Å². The molecule has 13 heteroatoms. The van der Waals surface area contributed by atoms with Gasteiger partial charge in [-0.3, -0.25) is 28.8 Å². The third kappa shape index (κ3) is 9.77. The van der Waals surface area contributed by atoms with E-state index in [1.165, 1.54) is 24.0 Å². The second-order valence-electron chi connectivity index (χ2n) is 12.6. The number of aromatic hydroxyl groups is 1. The molecule has 13 nitrogen and oxygen atoms in total. The molecule has 0 radical (unpaired) electrons. The second kappa shape index (κ2) is 16.1. The van der Waals surface area contributed by atoms with Crippen molar-refractivity contribution in [2.75, 3.05) is 13.1 Å². The number of benzene rings is 2. The van der Waals surface area contributed by atoms with Crippen LogP contribution in [0.4, 0.5) is 0 Å². The van der Waals surface area contributed by atoms with Gasteiger partial charge in [-0.05, 0) is 55.4 Å². The normalized spacial score (nSPS) is 25.1. The van der Waals surface area contributed by atoms with E-state index in [1.54, 1.807) is 36.4 Å². The molecule has 252 valence electrons. The van der Waals surface area contributed by atoms with Crippen LogP contribution < -0.4 is 26.6 Å². The van der Waals surface area contributed by atoms with Gasteiger partial charge in [0.1, 0.15) is 36.0 Å². The number of phenols is 1. The number of rotatable bonds is 6. The van der Waals surface area contributed by atoms with Crippen molar-refractivity contribution in [1.29, 1.82) is 0 Å². The zero-order valence-electron chi connectivity index (χ0n) is 27.0. The first-order chi connectivity index (χ1) is 22.4. The maximum Gasteiger partial charge on any atom is 0.246 e. The van der Waals surface area contributed by atoms with E-state index < -0.39 is 72.2 Å². The number of hydrogen-bond acceptors (Lipinski definition) is 7. The first kappa shape index (κ1) is 34.9. The van der Waals surface area contributed by atoms with Crippen molar-refractivity contribution < 1.29 is 33.9 Å². The third-order valence-corrected chi connectivity index (χ3v) is 8.28. The van der Waals surface area contributed by atoms with Crippen LogP contribution in [0.3, 0.4) is 0 Å². The summed E-state index contributed by atoms with van der Waals surface area (Å²) in [7, 11) is 0. The number of phenolic OH excluding ortho intramolecular Hbond substituents is 1. The number of fused-ring (bicyclic) bond motifs is 1. The van der Waals surface area contributed by atoms with Crippen molar-refractivity contribution in [3.8, 4) is 5.75 Å². The van der Waals surface area contributed by atoms with E-state index in [1.807, 2.05) is 19.9 Å². The number of hydrogen-bond donors (Lipinski definition) is 6. The van der Waals surface area contributed by atoms with E-state index in [2.05, 4.69) is 26.6 Å². The van der Waals surface area contributed by atoms with E-state index in [0.29, 0.717) is 18.4 Å². The van der Waals surface area contributed by atoms with Crippen LogP contribution in [-0.4, -0.2) is 88.7 Å². The van der Waals surface area contributed by atoms with Gasteiger partial charge in [0.2, 0.25) is 35.4 Å². The molecule has 2 aliphatic heterocycles. The Kier molecular flexibility index (Phi) is 11.9. The highest BCUT2D eigenvalue weighted by Gasteiger charge is 2.39. The molecule has 0 unspecified atom stereocenters. The molecule has 0 bridgehead atoms. The summed E-state index contributed by atoms with van der Waals surface area (Å²) in [5, 5.41) is 23.2. The van der Waals surface area contributed by atoms with Gasteiger partial charge in [0, 0.05) is 19.4 Å². The summed E-state index contributed by atoms with van der Waals surface area (Å²) >= 11 is 0. The van der Waals surface area contributed by atoms with Crippen molar-refractivity contribution in [1.82, 2.24) is 31.5 Å². The molecule has 6 N–H and O–H groups in total. The fraction of sp³-hybridized carbons (Fsp3) is 0.471. The zero-order valence-corrected chi connectivity index (χ0v) is 27.0. The summed E-state index contributed by atoms with van der Waals surface area (Å²) in [4.78, 5) is 82.2. The Morgan fingerprint density at radius 2 is 1.38 bits per heavy atom. The predicted octanol–water partition coefficient (Wildman–Crippen LogP) is 0.303. The Morgan fingerprint density at radius 3 is 2.06 bits per heavy atom. The zero-order chi connectivity index (χ0) is 34.1. The third-order valence-electron chi connectivity index (χ3n) is 8.28. The van der Waals surface area contributed by atoms with E-state index in [0.717, 1.165) is 5.56 Å². The summed E-state index contributed by atoms with van der Waals surface area (Å²) in [5.74, 6) is -3.36. The Balaban J connectivity index is 1.68. The average Bonchev–Trinajstić information content (AvgIpc) is 3.53. The number of nitrogens with zero attached hydrogens (tertiary/aromatic N) is 1. The first-order valence-corrected chi connectivity index (χ1v) is 16.0. The minimum Gasteiger partial charge on any atom is -0.508 e. The topological polar surface area (TPSA) is 186 Å². The molecule has 2 heterocycles. The summed E-state index contributed by atoms with van der Waals surface area (Å²) in [6.07, 6.45) is 1.33.